The van der Waals surface area contributed by atoms with E-state index < -0.39 is 0 Å². The molecule has 0 bridgehead atoms. The van der Waals surface area contributed by atoms with E-state index in [2.05, 4.69) is 69.9 Å². The summed E-state index contributed by atoms with van der Waals surface area (Å²) in [6.45, 7) is 3.21. The molecule has 2 rings (SSSR count). The lowest BCUT2D eigenvalue weighted by Gasteiger charge is -2.13. The third-order valence-electron chi connectivity index (χ3n) is 2.99. The van der Waals surface area contributed by atoms with Gasteiger partial charge in [0.05, 0.1) is 3.79 Å². The first kappa shape index (κ1) is 13.8. The van der Waals surface area contributed by atoms with Crippen molar-refractivity contribution in [2.45, 2.75) is 32.4 Å². The van der Waals surface area contributed by atoms with E-state index in [9.17, 15) is 0 Å². The predicted octanol–water partition coefficient (Wildman–Crippen LogP) is 4.62. The van der Waals surface area contributed by atoms with Crippen LogP contribution in [0.1, 0.15) is 24.5 Å². The molecule has 0 saturated carbocycles. The molecule has 0 aliphatic rings. The molecule has 0 aliphatic carbocycles. The topological polar surface area (TPSA) is 12.0 Å². The van der Waals surface area contributed by atoms with Gasteiger partial charge in [0.1, 0.15) is 0 Å². The number of rotatable bonds is 6. The number of thiophene rings is 1. The minimum Gasteiger partial charge on any atom is -0.310 e. The molecule has 0 fully saturated rings. The SMILES string of the molecule is CC(CCc1ccccc1)NCc1csc(Br)c1. The van der Waals surface area contributed by atoms with Gasteiger partial charge in [0.2, 0.25) is 0 Å². The summed E-state index contributed by atoms with van der Waals surface area (Å²) in [6, 6.07) is 13.4. The second kappa shape index (κ2) is 7.07. The van der Waals surface area contributed by atoms with Crippen LogP contribution in [0, 0.1) is 0 Å². The molecule has 1 aromatic heterocycles. The largest absolute Gasteiger partial charge is 0.310 e. The van der Waals surface area contributed by atoms with Crippen molar-refractivity contribution in [1.82, 2.24) is 5.32 Å². The fourth-order valence-electron chi connectivity index (χ4n) is 1.86. The fraction of sp³-hybridized carbons (Fsp3) is 0.333. The van der Waals surface area contributed by atoms with E-state index in [1.165, 1.54) is 21.3 Å². The summed E-state index contributed by atoms with van der Waals surface area (Å²) < 4.78 is 1.20. The summed E-state index contributed by atoms with van der Waals surface area (Å²) >= 11 is 5.23. The third-order valence-corrected chi connectivity index (χ3v) is 4.54. The lowest BCUT2D eigenvalue weighted by atomic mass is 10.1. The normalized spacial score (nSPS) is 12.6. The van der Waals surface area contributed by atoms with Gasteiger partial charge in [0.25, 0.3) is 0 Å². The number of hydrogen-bond acceptors (Lipinski definition) is 2. The van der Waals surface area contributed by atoms with Gasteiger partial charge in [-0.05, 0) is 58.3 Å². The zero-order valence-corrected chi connectivity index (χ0v) is 12.9. The minimum absolute atomic E-state index is 0.545. The Morgan fingerprint density at radius 2 is 2.00 bits per heavy atom. The van der Waals surface area contributed by atoms with Crippen molar-refractivity contribution in [3.63, 3.8) is 0 Å². The van der Waals surface area contributed by atoms with Gasteiger partial charge < -0.3 is 5.32 Å². The van der Waals surface area contributed by atoms with E-state index in [1.54, 1.807) is 11.3 Å². The van der Waals surface area contributed by atoms with E-state index in [-0.39, 0.29) is 0 Å². The smallest absolute Gasteiger partial charge is 0.0701 e. The highest BCUT2D eigenvalue weighted by Gasteiger charge is 2.03. The molecule has 1 aromatic carbocycles. The first-order chi connectivity index (χ1) is 8.74. The van der Waals surface area contributed by atoms with Crippen LogP contribution in [0.15, 0.2) is 45.6 Å². The van der Waals surface area contributed by atoms with Crippen molar-refractivity contribution in [3.05, 3.63) is 56.7 Å². The number of aryl methyl sites for hydroxylation is 1. The molecular weight excluding hydrogens is 306 g/mol. The first-order valence-corrected chi connectivity index (χ1v) is 7.91. The van der Waals surface area contributed by atoms with Crippen LogP contribution < -0.4 is 5.32 Å². The molecule has 0 amide bonds. The molecule has 0 saturated heterocycles. The highest BCUT2D eigenvalue weighted by Crippen LogP contribution is 2.20. The standard InChI is InChI=1S/C15H18BrNS/c1-12(7-8-13-5-3-2-4-6-13)17-10-14-9-15(16)18-11-14/h2-6,9,11-12,17H,7-8,10H2,1H3. The summed E-state index contributed by atoms with van der Waals surface area (Å²) in [5.41, 5.74) is 2.78. The monoisotopic (exact) mass is 323 g/mol. The second-order valence-corrected chi connectivity index (χ2v) is 6.86. The van der Waals surface area contributed by atoms with Gasteiger partial charge in [-0.25, -0.2) is 0 Å². The van der Waals surface area contributed by atoms with Crippen LogP contribution in [0.5, 0.6) is 0 Å². The Labute approximate surface area is 121 Å². The van der Waals surface area contributed by atoms with Crippen LogP contribution in [0.25, 0.3) is 0 Å². The van der Waals surface area contributed by atoms with Crippen molar-refractivity contribution < 1.29 is 0 Å². The number of hydrogen-bond donors (Lipinski definition) is 1. The van der Waals surface area contributed by atoms with Crippen LogP contribution in [-0.2, 0) is 13.0 Å². The van der Waals surface area contributed by atoms with Gasteiger partial charge in [-0.15, -0.1) is 11.3 Å². The van der Waals surface area contributed by atoms with Crippen molar-refractivity contribution in [2.75, 3.05) is 0 Å². The summed E-state index contributed by atoms with van der Waals surface area (Å²) in [5, 5.41) is 5.76. The van der Waals surface area contributed by atoms with Gasteiger partial charge in [-0.2, -0.15) is 0 Å². The molecule has 0 aliphatic heterocycles. The van der Waals surface area contributed by atoms with Crippen LogP contribution in [0.4, 0.5) is 0 Å². The quantitative estimate of drug-likeness (QED) is 0.817. The summed E-state index contributed by atoms with van der Waals surface area (Å²) in [6.07, 6.45) is 2.32. The van der Waals surface area contributed by atoms with Crippen LogP contribution >= 0.6 is 27.3 Å². The second-order valence-electron chi connectivity index (χ2n) is 4.57. The number of halogens is 1. The molecule has 3 heteroatoms. The van der Waals surface area contributed by atoms with Crippen molar-refractivity contribution in [1.29, 1.82) is 0 Å². The van der Waals surface area contributed by atoms with E-state index in [4.69, 9.17) is 0 Å². The maximum Gasteiger partial charge on any atom is 0.0701 e. The van der Waals surface area contributed by atoms with Crippen LogP contribution in [-0.4, -0.2) is 6.04 Å². The molecule has 1 unspecified atom stereocenters. The molecule has 1 N–H and O–H groups in total. The van der Waals surface area contributed by atoms with Crippen LogP contribution in [0.2, 0.25) is 0 Å². The van der Waals surface area contributed by atoms with E-state index in [1.807, 2.05) is 0 Å². The summed E-state index contributed by atoms with van der Waals surface area (Å²) in [7, 11) is 0. The Balaban J connectivity index is 1.71. The van der Waals surface area contributed by atoms with Crippen molar-refractivity contribution in [3.8, 4) is 0 Å². The Hall–Kier alpha value is -0.640. The average molecular weight is 324 g/mol. The predicted molar refractivity (Wildman–Crippen MR) is 83.1 cm³/mol. The minimum atomic E-state index is 0.545. The Morgan fingerprint density at radius 1 is 1.22 bits per heavy atom. The van der Waals surface area contributed by atoms with Crippen molar-refractivity contribution in [2.24, 2.45) is 0 Å². The highest BCUT2D eigenvalue weighted by atomic mass is 79.9. The van der Waals surface area contributed by atoms with Gasteiger partial charge in [0.15, 0.2) is 0 Å². The third kappa shape index (κ3) is 4.56. The molecule has 96 valence electrons. The Morgan fingerprint density at radius 3 is 2.67 bits per heavy atom. The number of benzene rings is 1. The average Bonchev–Trinajstić information content (AvgIpc) is 2.81. The first-order valence-electron chi connectivity index (χ1n) is 6.24. The molecule has 2 aromatic rings. The zero-order valence-electron chi connectivity index (χ0n) is 10.5. The molecule has 18 heavy (non-hydrogen) atoms. The fourth-order valence-corrected chi connectivity index (χ4v) is 3.07. The maximum atomic E-state index is 3.57. The molecular formula is C15H18BrNS. The van der Waals surface area contributed by atoms with Crippen molar-refractivity contribution >= 4 is 27.3 Å². The van der Waals surface area contributed by atoms with E-state index in [0.29, 0.717) is 6.04 Å². The lowest BCUT2D eigenvalue weighted by molar-refractivity contribution is 0.514. The molecule has 1 nitrogen and oxygen atoms in total. The maximum absolute atomic E-state index is 3.57. The van der Waals surface area contributed by atoms with Gasteiger partial charge in [-0.1, -0.05) is 30.3 Å². The van der Waals surface area contributed by atoms with Gasteiger partial charge in [0, 0.05) is 12.6 Å². The number of nitrogens with one attached hydrogen (secondary N) is 1. The van der Waals surface area contributed by atoms with Gasteiger partial charge in [-0.3, -0.25) is 0 Å². The zero-order chi connectivity index (χ0) is 12.8. The highest BCUT2D eigenvalue weighted by molar-refractivity contribution is 9.11. The Bertz CT molecular complexity index is 466. The summed E-state index contributed by atoms with van der Waals surface area (Å²) in [5.74, 6) is 0. The molecule has 0 spiro atoms. The molecule has 0 radical (unpaired) electrons. The lowest BCUT2D eigenvalue weighted by Crippen LogP contribution is -2.25. The molecule has 1 atom stereocenters. The van der Waals surface area contributed by atoms with Gasteiger partial charge >= 0.3 is 0 Å². The van der Waals surface area contributed by atoms with E-state index >= 15 is 0 Å². The molecule has 1 heterocycles. The Kier molecular flexibility index (Phi) is 5.42. The summed E-state index contributed by atoms with van der Waals surface area (Å²) in [4.78, 5) is 0. The van der Waals surface area contributed by atoms with E-state index in [0.717, 1.165) is 13.0 Å². The van der Waals surface area contributed by atoms with Crippen LogP contribution in [0.3, 0.4) is 0 Å².